The van der Waals surface area contributed by atoms with Crippen molar-refractivity contribution in [3.05, 3.63) is 24.0 Å². The van der Waals surface area contributed by atoms with Crippen LogP contribution in [-0.2, 0) is 9.16 Å². The SMILES string of the molecule is C/C=C/C[C@@H]1C2=COC(C)(O[Si](C(C)C)(C(C)C)C(C)C)C(C)C2CC[C@H]1C. The van der Waals surface area contributed by atoms with E-state index < -0.39 is 14.1 Å². The van der Waals surface area contributed by atoms with Crippen LogP contribution in [0.3, 0.4) is 0 Å². The number of ether oxygens (including phenoxy) is 1. The lowest BCUT2D eigenvalue weighted by atomic mass is 9.64. The highest BCUT2D eigenvalue weighted by Crippen LogP contribution is 2.53. The van der Waals surface area contributed by atoms with Gasteiger partial charge in [0.1, 0.15) is 0 Å². The second kappa shape index (κ2) is 9.08. The molecule has 5 atom stereocenters. The molecule has 3 heteroatoms. The third-order valence-electron chi connectivity index (χ3n) is 8.05. The lowest BCUT2D eigenvalue weighted by Crippen LogP contribution is -2.58. The van der Waals surface area contributed by atoms with E-state index in [4.69, 9.17) is 9.16 Å². The fourth-order valence-electron chi connectivity index (χ4n) is 6.26. The minimum Gasteiger partial charge on any atom is -0.471 e. The van der Waals surface area contributed by atoms with Crippen LogP contribution in [0.4, 0.5) is 0 Å². The summed E-state index contributed by atoms with van der Waals surface area (Å²) in [5.41, 5.74) is 3.24. The molecule has 1 aliphatic carbocycles. The van der Waals surface area contributed by atoms with Crippen molar-refractivity contribution in [1.29, 1.82) is 0 Å². The summed E-state index contributed by atoms with van der Waals surface area (Å²) in [6.45, 7) is 23.3. The van der Waals surface area contributed by atoms with Crippen LogP contribution in [0.15, 0.2) is 24.0 Å². The summed E-state index contributed by atoms with van der Waals surface area (Å²) < 4.78 is 13.8. The average Bonchev–Trinajstić information content (AvgIpc) is 2.61. The number of allylic oxidation sites excluding steroid dienone is 3. The first-order valence-electron chi connectivity index (χ1n) is 11.7. The lowest BCUT2D eigenvalue weighted by Gasteiger charge is -2.54. The van der Waals surface area contributed by atoms with Crippen molar-refractivity contribution in [2.24, 2.45) is 23.7 Å². The molecule has 0 saturated heterocycles. The molecule has 0 radical (unpaired) electrons. The number of rotatable bonds is 7. The molecule has 28 heavy (non-hydrogen) atoms. The molecule has 0 N–H and O–H groups in total. The summed E-state index contributed by atoms with van der Waals surface area (Å²) >= 11 is 0. The molecule has 1 heterocycles. The molecular weight excluding hydrogens is 360 g/mol. The van der Waals surface area contributed by atoms with Gasteiger partial charge in [0.2, 0.25) is 14.1 Å². The van der Waals surface area contributed by atoms with Gasteiger partial charge in [-0.15, -0.1) is 0 Å². The number of hydrogen-bond donors (Lipinski definition) is 0. The monoisotopic (exact) mass is 406 g/mol. The Morgan fingerprint density at radius 1 is 1.11 bits per heavy atom. The van der Waals surface area contributed by atoms with E-state index in [1.807, 2.05) is 0 Å². The Morgan fingerprint density at radius 3 is 2.18 bits per heavy atom. The fraction of sp³-hybridized carbons (Fsp3) is 0.840. The maximum atomic E-state index is 7.21. The van der Waals surface area contributed by atoms with Gasteiger partial charge in [0.05, 0.1) is 6.26 Å². The van der Waals surface area contributed by atoms with Crippen molar-refractivity contribution in [3.8, 4) is 0 Å². The third-order valence-corrected chi connectivity index (χ3v) is 14.2. The standard InChI is InChI=1S/C25H46O2Si/c1-11-12-13-22-20(8)14-15-23-21(9)25(10,26-16-24(22)23)27-28(17(2)3,18(4)5)19(6)7/h11-12,16-23H,13-15H2,1-10H3/b12-11+/t20-,21?,22+,23?,25?/m1/s1. The Kier molecular flexibility index (Phi) is 7.70. The van der Waals surface area contributed by atoms with Crippen LogP contribution in [0.5, 0.6) is 0 Å². The lowest BCUT2D eigenvalue weighted by molar-refractivity contribution is -0.200. The molecule has 0 bridgehead atoms. The smallest absolute Gasteiger partial charge is 0.205 e. The summed E-state index contributed by atoms with van der Waals surface area (Å²) in [6, 6.07) is 0. The molecule has 1 fully saturated rings. The van der Waals surface area contributed by atoms with E-state index in [1.165, 1.54) is 18.4 Å². The zero-order valence-electron chi connectivity index (χ0n) is 20.2. The van der Waals surface area contributed by atoms with Crippen molar-refractivity contribution in [3.63, 3.8) is 0 Å². The Labute approximate surface area is 176 Å². The van der Waals surface area contributed by atoms with Gasteiger partial charge in [-0.3, -0.25) is 0 Å². The van der Waals surface area contributed by atoms with E-state index in [0.29, 0.717) is 34.4 Å². The van der Waals surface area contributed by atoms with Gasteiger partial charge in [0, 0.05) is 12.8 Å². The number of hydrogen-bond acceptors (Lipinski definition) is 2. The first kappa shape index (κ1) is 23.7. The zero-order chi connectivity index (χ0) is 21.3. The third kappa shape index (κ3) is 4.17. The van der Waals surface area contributed by atoms with Gasteiger partial charge in [-0.2, -0.15) is 0 Å². The van der Waals surface area contributed by atoms with Crippen molar-refractivity contribution in [1.82, 2.24) is 0 Å². The molecule has 0 aromatic carbocycles. The van der Waals surface area contributed by atoms with E-state index >= 15 is 0 Å². The van der Waals surface area contributed by atoms with E-state index in [0.717, 1.165) is 12.3 Å². The molecule has 3 unspecified atom stereocenters. The molecule has 0 aromatic rings. The van der Waals surface area contributed by atoms with Crippen LogP contribution in [0.2, 0.25) is 16.6 Å². The first-order valence-corrected chi connectivity index (χ1v) is 13.8. The summed E-state index contributed by atoms with van der Waals surface area (Å²) in [7, 11) is -2.00. The molecule has 2 rings (SSSR count). The molecule has 2 nitrogen and oxygen atoms in total. The van der Waals surface area contributed by atoms with E-state index in [1.54, 1.807) is 0 Å². The van der Waals surface area contributed by atoms with E-state index in [2.05, 4.69) is 87.7 Å². The summed E-state index contributed by atoms with van der Waals surface area (Å²) in [4.78, 5) is 0. The summed E-state index contributed by atoms with van der Waals surface area (Å²) in [5.74, 6) is 1.81. The zero-order valence-corrected chi connectivity index (χ0v) is 21.2. The summed E-state index contributed by atoms with van der Waals surface area (Å²) in [5, 5.41) is 0. The van der Waals surface area contributed by atoms with Crippen molar-refractivity contribution < 1.29 is 9.16 Å². The Bertz CT molecular complexity index is 555. The fourth-order valence-corrected chi connectivity index (χ4v) is 11.9. The minimum atomic E-state index is -2.00. The Balaban J connectivity index is 2.37. The van der Waals surface area contributed by atoms with Crippen LogP contribution in [0.1, 0.15) is 88.5 Å². The normalized spacial score (nSPS) is 34.1. The maximum absolute atomic E-state index is 7.21. The first-order chi connectivity index (χ1) is 13.0. The van der Waals surface area contributed by atoms with Gasteiger partial charge in [0.15, 0.2) is 0 Å². The van der Waals surface area contributed by atoms with Crippen LogP contribution < -0.4 is 0 Å². The highest BCUT2D eigenvalue weighted by atomic mass is 28.4. The minimum absolute atomic E-state index is 0.385. The Morgan fingerprint density at radius 2 is 1.68 bits per heavy atom. The van der Waals surface area contributed by atoms with Crippen molar-refractivity contribution in [2.45, 2.75) is 111 Å². The second-order valence-electron chi connectivity index (χ2n) is 10.5. The van der Waals surface area contributed by atoms with Crippen LogP contribution in [0.25, 0.3) is 0 Å². The second-order valence-corrected chi connectivity index (χ2v) is 15.9. The van der Waals surface area contributed by atoms with Crippen LogP contribution >= 0.6 is 0 Å². The van der Waals surface area contributed by atoms with Gasteiger partial charge in [0.25, 0.3) is 0 Å². The van der Waals surface area contributed by atoms with Crippen LogP contribution in [-0.4, -0.2) is 14.1 Å². The topological polar surface area (TPSA) is 18.5 Å². The highest BCUT2D eigenvalue weighted by Gasteiger charge is 2.55. The van der Waals surface area contributed by atoms with Crippen molar-refractivity contribution in [2.75, 3.05) is 0 Å². The highest BCUT2D eigenvalue weighted by molar-refractivity contribution is 6.77. The predicted octanol–water partition coefficient (Wildman–Crippen LogP) is 8.07. The molecular formula is C25H46O2Si. The molecule has 1 saturated carbocycles. The van der Waals surface area contributed by atoms with E-state index in [-0.39, 0.29) is 0 Å². The molecule has 2 aliphatic rings. The number of fused-ring (bicyclic) bond motifs is 1. The molecule has 0 aromatic heterocycles. The summed E-state index contributed by atoms with van der Waals surface area (Å²) in [6.07, 6.45) is 10.3. The molecule has 162 valence electrons. The van der Waals surface area contributed by atoms with Gasteiger partial charge in [-0.1, -0.05) is 67.5 Å². The van der Waals surface area contributed by atoms with Gasteiger partial charge >= 0.3 is 0 Å². The van der Waals surface area contributed by atoms with Gasteiger partial charge in [-0.05, 0) is 66.1 Å². The molecule has 0 amide bonds. The van der Waals surface area contributed by atoms with Crippen molar-refractivity contribution >= 4 is 8.32 Å². The van der Waals surface area contributed by atoms with Crippen LogP contribution in [0, 0.1) is 23.7 Å². The average molecular weight is 407 g/mol. The van der Waals surface area contributed by atoms with E-state index in [9.17, 15) is 0 Å². The molecule has 1 aliphatic heterocycles. The largest absolute Gasteiger partial charge is 0.471 e. The Hall–Kier alpha value is -0.543. The van der Waals surface area contributed by atoms with Gasteiger partial charge in [-0.25, -0.2) is 0 Å². The van der Waals surface area contributed by atoms with Gasteiger partial charge < -0.3 is 9.16 Å². The maximum Gasteiger partial charge on any atom is 0.205 e. The quantitative estimate of drug-likeness (QED) is 0.314. The molecule has 0 spiro atoms. The predicted molar refractivity (Wildman–Crippen MR) is 124 cm³/mol.